The zero-order valence-corrected chi connectivity index (χ0v) is 15.6. The monoisotopic (exact) mass is 365 g/mol. The molecule has 0 radical (unpaired) electrons. The third-order valence-electron chi connectivity index (χ3n) is 4.82. The van der Waals surface area contributed by atoms with Gasteiger partial charge < -0.3 is 9.84 Å². The summed E-state index contributed by atoms with van der Waals surface area (Å²) in [7, 11) is 0. The largest absolute Gasteiger partial charge is 0.491 e. The van der Waals surface area contributed by atoms with Gasteiger partial charge in [0.2, 0.25) is 0 Å². The number of rotatable bonds is 7. The Morgan fingerprint density at radius 3 is 2.41 bits per heavy atom. The van der Waals surface area contributed by atoms with E-state index in [2.05, 4.69) is 15.9 Å². The molecule has 1 atom stereocenters. The topological polar surface area (TPSA) is 59.7 Å². The number of hydrogen-bond donors (Lipinski definition) is 1. The molecule has 0 saturated carbocycles. The van der Waals surface area contributed by atoms with Crippen molar-refractivity contribution in [3.05, 3.63) is 65.7 Å². The molecular weight excluding hydrogens is 338 g/mol. The Bertz CT molecular complexity index is 727. The lowest BCUT2D eigenvalue weighted by Crippen LogP contribution is -2.38. The van der Waals surface area contributed by atoms with E-state index in [1.807, 2.05) is 54.6 Å². The fraction of sp³-hybridized carbons (Fsp3) is 0.409. The van der Waals surface area contributed by atoms with E-state index in [1.165, 1.54) is 5.56 Å². The van der Waals surface area contributed by atoms with Gasteiger partial charge in [0.05, 0.1) is 11.6 Å². The molecule has 2 aromatic carbocycles. The lowest BCUT2D eigenvalue weighted by atomic mass is 10.1. The van der Waals surface area contributed by atoms with Gasteiger partial charge in [-0.05, 0) is 49.3 Å². The summed E-state index contributed by atoms with van der Waals surface area (Å²) < 4.78 is 5.65. The van der Waals surface area contributed by atoms with Crippen LogP contribution in [0.3, 0.4) is 0 Å². The van der Waals surface area contributed by atoms with Crippen LogP contribution in [0, 0.1) is 11.3 Å². The quantitative estimate of drug-likeness (QED) is 0.817. The molecule has 5 nitrogen and oxygen atoms in total. The molecule has 27 heavy (non-hydrogen) atoms. The number of hydrogen-bond acceptors (Lipinski definition) is 5. The third kappa shape index (κ3) is 6.37. The number of nitriles is 1. The maximum atomic E-state index is 10.3. The Labute approximate surface area is 161 Å². The maximum Gasteiger partial charge on any atom is 0.119 e. The van der Waals surface area contributed by atoms with Crippen LogP contribution in [0.5, 0.6) is 5.75 Å². The summed E-state index contributed by atoms with van der Waals surface area (Å²) in [4.78, 5) is 4.76. The number of β-amino-alcohol motifs (C(OH)–C–C–N with tert-alkyl or cyclic N) is 1. The highest BCUT2D eigenvalue weighted by atomic mass is 16.5. The number of aliphatic hydroxyl groups excluding tert-OH is 1. The molecule has 1 aliphatic heterocycles. The minimum atomic E-state index is -0.490. The van der Waals surface area contributed by atoms with Crippen molar-refractivity contribution in [2.45, 2.75) is 19.1 Å². The first-order valence-electron chi connectivity index (χ1n) is 9.52. The zero-order valence-electron chi connectivity index (χ0n) is 15.6. The highest BCUT2D eigenvalue weighted by Crippen LogP contribution is 2.12. The van der Waals surface area contributed by atoms with Crippen LogP contribution in [0.25, 0.3) is 0 Å². The molecule has 1 fully saturated rings. The van der Waals surface area contributed by atoms with Crippen molar-refractivity contribution in [1.29, 1.82) is 5.26 Å². The predicted molar refractivity (Wildman–Crippen MR) is 105 cm³/mol. The molecule has 1 saturated heterocycles. The van der Waals surface area contributed by atoms with Gasteiger partial charge in [-0.2, -0.15) is 5.26 Å². The highest BCUT2D eigenvalue weighted by Gasteiger charge is 2.18. The van der Waals surface area contributed by atoms with Gasteiger partial charge in [-0.1, -0.05) is 30.3 Å². The lowest BCUT2D eigenvalue weighted by Gasteiger charge is -2.24. The molecule has 142 valence electrons. The summed E-state index contributed by atoms with van der Waals surface area (Å²) in [6, 6.07) is 19.6. The van der Waals surface area contributed by atoms with Crippen LogP contribution >= 0.6 is 0 Å². The Morgan fingerprint density at radius 2 is 1.67 bits per heavy atom. The van der Waals surface area contributed by atoms with E-state index in [-0.39, 0.29) is 0 Å². The molecule has 0 bridgehead atoms. The van der Waals surface area contributed by atoms with E-state index in [0.29, 0.717) is 18.7 Å². The summed E-state index contributed by atoms with van der Waals surface area (Å²) in [6.07, 6.45) is 0.595. The van der Waals surface area contributed by atoms with Gasteiger partial charge in [-0.3, -0.25) is 9.80 Å². The first-order chi connectivity index (χ1) is 13.2. The van der Waals surface area contributed by atoms with Crippen molar-refractivity contribution in [3.8, 4) is 11.8 Å². The predicted octanol–water partition coefficient (Wildman–Crippen LogP) is 2.51. The Kier molecular flexibility index (Phi) is 7.23. The Balaban J connectivity index is 1.41. The number of benzene rings is 2. The van der Waals surface area contributed by atoms with Crippen molar-refractivity contribution in [2.24, 2.45) is 0 Å². The van der Waals surface area contributed by atoms with Crippen LogP contribution < -0.4 is 4.74 Å². The van der Waals surface area contributed by atoms with E-state index < -0.39 is 6.10 Å². The minimum Gasteiger partial charge on any atom is -0.491 e. The summed E-state index contributed by atoms with van der Waals surface area (Å²) in [6.45, 7) is 5.82. The van der Waals surface area contributed by atoms with E-state index >= 15 is 0 Å². The molecule has 2 aromatic rings. The van der Waals surface area contributed by atoms with Gasteiger partial charge in [0.1, 0.15) is 18.5 Å². The highest BCUT2D eigenvalue weighted by molar-refractivity contribution is 5.31. The fourth-order valence-corrected chi connectivity index (χ4v) is 3.37. The van der Waals surface area contributed by atoms with E-state index in [4.69, 9.17) is 10.00 Å². The maximum absolute atomic E-state index is 10.3. The normalized spacial score (nSPS) is 17.0. The van der Waals surface area contributed by atoms with Gasteiger partial charge >= 0.3 is 0 Å². The van der Waals surface area contributed by atoms with E-state index in [0.717, 1.165) is 44.9 Å². The molecule has 3 rings (SSSR count). The van der Waals surface area contributed by atoms with Crippen molar-refractivity contribution in [3.63, 3.8) is 0 Å². The summed E-state index contributed by atoms with van der Waals surface area (Å²) >= 11 is 0. The molecule has 1 unspecified atom stereocenters. The van der Waals surface area contributed by atoms with Crippen LogP contribution in [0.15, 0.2) is 54.6 Å². The lowest BCUT2D eigenvalue weighted by molar-refractivity contribution is 0.0693. The standard InChI is InChI=1S/C22H27N3O2/c23-15-19-7-9-20(10-8-19)16-24-11-4-12-25(14-13-24)17-21(26)18-27-22-5-2-1-3-6-22/h1-3,5-10,21,26H,4,11-14,16-18H2. The average Bonchev–Trinajstić information content (AvgIpc) is 2.93. The molecule has 0 aromatic heterocycles. The van der Waals surface area contributed by atoms with Gasteiger partial charge in [0, 0.05) is 26.2 Å². The molecule has 0 amide bonds. The summed E-state index contributed by atoms with van der Waals surface area (Å²) in [5.74, 6) is 0.793. The van der Waals surface area contributed by atoms with Crippen LogP contribution in [-0.4, -0.2) is 60.3 Å². The second-order valence-electron chi connectivity index (χ2n) is 7.02. The van der Waals surface area contributed by atoms with Crippen LogP contribution in [0.4, 0.5) is 0 Å². The molecule has 5 heteroatoms. The van der Waals surface area contributed by atoms with Gasteiger partial charge in [-0.25, -0.2) is 0 Å². The van der Waals surface area contributed by atoms with Gasteiger partial charge in [-0.15, -0.1) is 0 Å². The number of ether oxygens (including phenoxy) is 1. The zero-order chi connectivity index (χ0) is 18.9. The molecule has 1 heterocycles. The van der Waals surface area contributed by atoms with Crippen molar-refractivity contribution >= 4 is 0 Å². The minimum absolute atomic E-state index is 0.315. The molecule has 0 spiro atoms. The number of para-hydroxylation sites is 1. The molecule has 0 aliphatic carbocycles. The van der Waals surface area contributed by atoms with Gasteiger partial charge in [0.15, 0.2) is 0 Å². The van der Waals surface area contributed by atoms with Crippen molar-refractivity contribution in [2.75, 3.05) is 39.3 Å². The van der Waals surface area contributed by atoms with Crippen molar-refractivity contribution in [1.82, 2.24) is 9.80 Å². The molecule has 1 aliphatic rings. The second-order valence-corrected chi connectivity index (χ2v) is 7.02. The van der Waals surface area contributed by atoms with Gasteiger partial charge in [0.25, 0.3) is 0 Å². The van der Waals surface area contributed by atoms with Crippen LogP contribution in [0.2, 0.25) is 0 Å². The first-order valence-corrected chi connectivity index (χ1v) is 9.52. The summed E-state index contributed by atoms with van der Waals surface area (Å²) in [5, 5.41) is 19.2. The summed E-state index contributed by atoms with van der Waals surface area (Å²) in [5.41, 5.74) is 1.94. The van der Waals surface area contributed by atoms with E-state index in [1.54, 1.807) is 0 Å². The number of nitrogens with zero attached hydrogens (tertiary/aromatic N) is 3. The third-order valence-corrected chi connectivity index (χ3v) is 4.82. The van der Waals surface area contributed by atoms with E-state index in [9.17, 15) is 5.11 Å². The van der Waals surface area contributed by atoms with Crippen LogP contribution in [-0.2, 0) is 6.54 Å². The SMILES string of the molecule is N#Cc1ccc(CN2CCCN(CC(O)COc3ccccc3)CC2)cc1. The van der Waals surface area contributed by atoms with Crippen LogP contribution in [0.1, 0.15) is 17.5 Å². The number of aliphatic hydroxyl groups is 1. The Hall–Kier alpha value is -2.39. The first kappa shape index (κ1) is 19.4. The molecule has 1 N–H and O–H groups in total. The van der Waals surface area contributed by atoms with Crippen molar-refractivity contribution < 1.29 is 9.84 Å². The fourth-order valence-electron chi connectivity index (χ4n) is 3.37. The average molecular weight is 365 g/mol. The smallest absolute Gasteiger partial charge is 0.119 e. The molecular formula is C22H27N3O2. The second kappa shape index (κ2) is 10.1. The Morgan fingerprint density at radius 1 is 0.963 bits per heavy atom.